The van der Waals surface area contributed by atoms with Crippen LogP contribution in [0.15, 0.2) is 23.1 Å². The van der Waals surface area contributed by atoms with Gasteiger partial charge in [-0.15, -0.1) is 11.8 Å². The lowest BCUT2D eigenvalue weighted by molar-refractivity contribution is 0.322. The van der Waals surface area contributed by atoms with Gasteiger partial charge in [0.05, 0.1) is 6.61 Å². The van der Waals surface area contributed by atoms with Crippen molar-refractivity contribution in [2.24, 2.45) is 0 Å². The number of thioether (sulfide) groups is 1. The normalized spacial score (nSPS) is 11.8. The van der Waals surface area contributed by atoms with E-state index in [-0.39, 0.29) is 18.0 Å². The minimum Gasteiger partial charge on any atom is -0.396 e. The van der Waals surface area contributed by atoms with Gasteiger partial charge in [-0.2, -0.15) is 0 Å². The van der Waals surface area contributed by atoms with Crippen LogP contribution < -0.4 is 5.32 Å². The van der Waals surface area contributed by atoms with Crippen LogP contribution in [0.5, 0.6) is 0 Å². The smallest absolute Gasteiger partial charge is 0.128 e. The van der Waals surface area contributed by atoms with E-state index < -0.39 is 0 Å². The molecule has 0 atom stereocenters. The van der Waals surface area contributed by atoms with Crippen molar-refractivity contribution < 1.29 is 9.50 Å². The number of aliphatic hydroxyl groups is 1. The average Bonchev–Trinajstić information content (AvgIpc) is 2.23. The van der Waals surface area contributed by atoms with Crippen LogP contribution in [0.2, 0.25) is 0 Å². The molecule has 4 heteroatoms. The Hall–Kier alpha value is -0.580. The minimum absolute atomic E-state index is 0.0405. The van der Waals surface area contributed by atoms with Crippen LogP contribution in [-0.2, 0) is 6.54 Å². The third-order valence-corrected chi connectivity index (χ3v) is 3.30. The maximum Gasteiger partial charge on any atom is 0.128 e. The first kappa shape index (κ1) is 14.5. The zero-order valence-electron chi connectivity index (χ0n) is 10.6. The monoisotopic (exact) mass is 257 g/mol. The summed E-state index contributed by atoms with van der Waals surface area (Å²) in [5, 5.41) is 12.1. The van der Waals surface area contributed by atoms with Crippen LogP contribution >= 0.6 is 11.8 Å². The Balaban J connectivity index is 2.80. The zero-order chi connectivity index (χ0) is 12.9. The minimum atomic E-state index is -0.190. The molecule has 0 unspecified atom stereocenters. The molecule has 2 N–H and O–H groups in total. The first-order valence-electron chi connectivity index (χ1n) is 5.70. The Labute approximate surface area is 107 Å². The summed E-state index contributed by atoms with van der Waals surface area (Å²) in [6, 6.07) is 5.07. The van der Waals surface area contributed by atoms with Crippen LogP contribution in [0.1, 0.15) is 26.3 Å². The van der Waals surface area contributed by atoms with Gasteiger partial charge in [0.15, 0.2) is 0 Å². The second-order valence-electron chi connectivity index (χ2n) is 4.89. The van der Waals surface area contributed by atoms with Crippen molar-refractivity contribution in [1.82, 2.24) is 5.32 Å². The number of hydrogen-bond acceptors (Lipinski definition) is 3. The van der Waals surface area contributed by atoms with Crippen molar-refractivity contribution >= 4 is 11.8 Å². The van der Waals surface area contributed by atoms with Gasteiger partial charge in [-0.1, -0.05) is 6.07 Å². The highest BCUT2D eigenvalue weighted by molar-refractivity contribution is 7.99. The van der Waals surface area contributed by atoms with Gasteiger partial charge >= 0.3 is 0 Å². The third-order valence-electron chi connectivity index (χ3n) is 2.22. The van der Waals surface area contributed by atoms with E-state index in [0.717, 1.165) is 4.90 Å². The quantitative estimate of drug-likeness (QED) is 0.796. The highest BCUT2D eigenvalue weighted by atomic mass is 32.2. The molecule has 1 aromatic rings. The second-order valence-corrected chi connectivity index (χ2v) is 6.03. The molecule has 0 fully saturated rings. The van der Waals surface area contributed by atoms with Gasteiger partial charge < -0.3 is 10.4 Å². The van der Waals surface area contributed by atoms with Crippen molar-refractivity contribution in [1.29, 1.82) is 0 Å². The zero-order valence-corrected chi connectivity index (χ0v) is 11.4. The predicted molar refractivity (Wildman–Crippen MR) is 70.8 cm³/mol. The predicted octanol–water partition coefficient (Wildman–Crippen LogP) is 2.80. The largest absolute Gasteiger partial charge is 0.396 e. The molecule has 0 saturated heterocycles. The van der Waals surface area contributed by atoms with Crippen LogP contribution in [0, 0.1) is 5.82 Å². The van der Waals surface area contributed by atoms with E-state index in [2.05, 4.69) is 5.32 Å². The summed E-state index contributed by atoms with van der Waals surface area (Å²) in [6.07, 6.45) is 0. The fourth-order valence-electron chi connectivity index (χ4n) is 1.35. The molecule has 0 heterocycles. The van der Waals surface area contributed by atoms with Crippen LogP contribution in [0.3, 0.4) is 0 Å². The summed E-state index contributed by atoms with van der Waals surface area (Å²) >= 11 is 1.48. The first-order valence-corrected chi connectivity index (χ1v) is 6.68. The SMILES string of the molecule is CC(C)(C)NCc1c(F)cccc1SCCO. The molecule has 0 aliphatic rings. The van der Waals surface area contributed by atoms with E-state index >= 15 is 0 Å². The van der Waals surface area contributed by atoms with Gasteiger partial charge in [-0.3, -0.25) is 0 Å². The Morgan fingerprint density at radius 1 is 1.35 bits per heavy atom. The van der Waals surface area contributed by atoms with E-state index in [4.69, 9.17) is 5.11 Å². The summed E-state index contributed by atoms with van der Waals surface area (Å²) in [6.45, 7) is 6.76. The standard InChI is InChI=1S/C13H20FNOS/c1-13(2,3)15-9-10-11(14)5-4-6-12(10)17-8-7-16/h4-6,15-16H,7-9H2,1-3H3. The lowest BCUT2D eigenvalue weighted by atomic mass is 10.1. The molecule has 0 radical (unpaired) electrons. The van der Waals surface area contributed by atoms with Gasteiger partial charge in [-0.25, -0.2) is 4.39 Å². The van der Waals surface area contributed by atoms with Crippen molar-refractivity contribution in [3.63, 3.8) is 0 Å². The Kier molecular flexibility index (Phi) is 5.43. The van der Waals surface area contributed by atoms with Crippen molar-refractivity contribution in [2.75, 3.05) is 12.4 Å². The van der Waals surface area contributed by atoms with Gasteiger partial charge in [0.1, 0.15) is 5.82 Å². The molecule has 0 bridgehead atoms. The molecule has 0 amide bonds. The maximum atomic E-state index is 13.7. The summed E-state index contributed by atoms with van der Waals surface area (Å²) < 4.78 is 13.7. The van der Waals surface area contributed by atoms with Crippen molar-refractivity contribution in [3.05, 3.63) is 29.6 Å². The third kappa shape index (κ3) is 5.06. The molecule has 1 aromatic carbocycles. The van der Waals surface area contributed by atoms with E-state index in [1.165, 1.54) is 17.8 Å². The number of benzene rings is 1. The molecule has 0 aliphatic carbocycles. The van der Waals surface area contributed by atoms with Gasteiger partial charge in [-0.05, 0) is 32.9 Å². The van der Waals surface area contributed by atoms with Crippen LogP contribution in [0.25, 0.3) is 0 Å². The van der Waals surface area contributed by atoms with E-state index in [1.807, 2.05) is 26.8 Å². The fraction of sp³-hybridized carbons (Fsp3) is 0.538. The molecule has 0 aromatic heterocycles. The number of rotatable bonds is 5. The van der Waals surface area contributed by atoms with Gasteiger partial charge in [0, 0.05) is 28.3 Å². The highest BCUT2D eigenvalue weighted by Gasteiger charge is 2.13. The molecule has 0 spiro atoms. The van der Waals surface area contributed by atoms with Crippen molar-refractivity contribution in [3.8, 4) is 0 Å². The summed E-state index contributed by atoms with van der Waals surface area (Å²) in [4.78, 5) is 0.899. The summed E-state index contributed by atoms with van der Waals surface area (Å²) in [5.41, 5.74) is 0.641. The van der Waals surface area contributed by atoms with Crippen molar-refractivity contribution in [2.45, 2.75) is 37.8 Å². The van der Waals surface area contributed by atoms with Gasteiger partial charge in [0.25, 0.3) is 0 Å². The molecule has 0 aliphatic heterocycles. The number of aliphatic hydroxyl groups excluding tert-OH is 1. The molecule has 1 rings (SSSR count). The Morgan fingerprint density at radius 3 is 2.65 bits per heavy atom. The van der Waals surface area contributed by atoms with E-state index in [9.17, 15) is 4.39 Å². The molecule has 17 heavy (non-hydrogen) atoms. The summed E-state index contributed by atoms with van der Waals surface area (Å²) in [7, 11) is 0. The van der Waals surface area contributed by atoms with E-state index in [0.29, 0.717) is 17.9 Å². The number of nitrogens with one attached hydrogen (secondary N) is 1. The molecular formula is C13H20FNOS. The second kappa shape index (κ2) is 6.38. The highest BCUT2D eigenvalue weighted by Crippen LogP contribution is 2.25. The van der Waals surface area contributed by atoms with Crippen LogP contribution in [-0.4, -0.2) is 23.0 Å². The van der Waals surface area contributed by atoms with E-state index in [1.54, 1.807) is 6.07 Å². The first-order chi connectivity index (χ1) is 7.94. The lowest BCUT2D eigenvalue weighted by Crippen LogP contribution is -2.35. The molecule has 0 saturated carbocycles. The van der Waals surface area contributed by atoms with Gasteiger partial charge in [0.2, 0.25) is 0 Å². The molecular weight excluding hydrogens is 237 g/mol. The number of hydrogen-bond donors (Lipinski definition) is 2. The lowest BCUT2D eigenvalue weighted by Gasteiger charge is -2.21. The summed E-state index contributed by atoms with van der Waals surface area (Å²) in [5.74, 6) is 0.399. The molecule has 2 nitrogen and oxygen atoms in total. The fourth-order valence-corrected chi connectivity index (χ4v) is 2.18. The Bertz CT molecular complexity index is 363. The maximum absolute atomic E-state index is 13.7. The van der Waals surface area contributed by atoms with Crippen LogP contribution in [0.4, 0.5) is 4.39 Å². The Morgan fingerprint density at radius 2 is 2.06 bits per heavy atom. The average molecular weight is 257 g/mol. The molecule has 96 valence electrons. The number of halogens is 1. The topological polar surface area (TPSA) is 32.3 Å².